The molecule has 7 heteroatoms. The van der Waals surface area contributed by atoms with Gasteiger partial charge in [0.05, 0.1) is 11.6 Å². The first kappa shape index (κ1) is 13.7. The van der Waals surface area contributed by atoms with Gasteiger partial charge >= 0.3 is 0 Å². The molecule has 21 heavy (non-hydrogen) atoms. The number of pyridine rings is 1. The van der Waals surface area contributed by atoms with E-state index in [-0.39, 0.29) is 0 Å². The van der Waals surface area contributed by atoms with Gasteiger partial charge < -0.3 is 10.6 Å². The molecule has 0 bridgehead atoms. The molecular weight excluding hydrogens is 288 g/mol. The topological polar surface area (TPSA) is 83.8 Å². The Morgan fingerprint density at radius 2 is 2.10 bits per heavy atom. The normalized spacial score (nSPS) is 15.9. The fourth-order valence-corrected chi connectivity index (χ4v) is 2.91. The molecule has 1 aliphatic rings. The molecule has 3 heterocycles. The number of rotatable bonds is 2. The van der Waals surface area contributed by atoms with E-state index in [4.69, 9.17) is 22.6 Å². The molecule has 6 nitrogen and oxygen atoms in total. The van der Waals surface area contributed by atoms with Crippen LogP contribution >= 0.6 is 11.6 Å². The summed E-state index contributed by atoms with van der Waals surface area (Å²) in [5, 5.41) is 13.7. The van der Waals surface area contributed by atoms with Crippen LogP contribution in [-0.2, 0) is 0 Å². The minimum Gasteiger partial charge on any atom is -0.382 e. The van der Waals surface area contributed by atoms with Crippen LogP contribution in [0.15, 0.2) is 24.5 Å². The van der Waals surface area contributed by atoms with Crippen molar-refractivity contribution in [3.8, 4) is 6.07 Å². The third-order valence-corrected chi connectivity index (χ3v) is 4.13. The summed E-state index contributed by atoms with van der Waals surface area (Å²) >= 11 is 6.24. The van der Waals surface area contributed by atoms with Crippen molar-refractivity contribution in [3.05, 3.63) is 35.1 Å². The monoisotopic (exact) mass is 302 g/mol. The number of anilines is 2. The zero-order chi connectivity index (χ0) is 14.8. The van der Waals surface area contributed by atoms with Gasteiger partial charge in [-0.15, -0.1) is 0 Å². The fraction of sp³-hybridized carbons (Fsp3) is 0.357. The third-order valence-electron chi connectivity index (χ3n) is 3.76. The van der Waals surface area contributed by atoms with E-state index in [1.54, 1.807) is 18.3 Å². The standard InChI is InChI=1S/C14H15ClN6/c15-13-10(9-16)1-5-18-14(13)20-6-2-11(3-7-20)21-8-4-12(17)19-21/h1,4-5,8,11H,2-3,6-7H2,(H2,17,19). The number of aromatic nitrogens is 3. The van der Waals surface area contributed by atoms with E-state index in [2.05, 4.69) is 21.1 Å². The average Bonchev–Trinajstić information content (AvgIpc) is 2.94. The molecule has 3 rings (SSSR count). The lowest BCUT2D eigenvalue weighted by Gasteiger charge is -2.33. The van der Waals surface area contributed by atoms with E-state index in [1.807, 2.05) is 10.9 Å². The lowest BCUT2D eigenvalue weighted by molar-refractivity contribution is 0.367. The number of nitrogens with zero attached hydrogens (tertiary/aromatic N) is 5. The number of nitriles is 1. The lowest BCUT2D eigenvalue weighted by atomic mass is 10.1. The maximum absolute atomic E-state index is 9.03. The Hall–Kier alpha value is -2.26. The van der Waals surface area contributed by atoms with Crippen molar-refractivity contribution in [2.24, 2.45) is 0 Å². The number of hydrogen-bond donors (Lipinski definition) is 1. The number of piperidine rings is 1. The third kappa shape index (κ3) is 2.65. The quantitative estimate of drug-likeness (QED) is 0.919. The lowest BCUT2D eigenvalue weighted by Crippen LogP contribution is -2.35. The van der Waals surface area contributed by atoms with E-state index < -0.39 is 0 Å². The van der Waals surface area contributed by atoms with Crippen molar-refractivity contribution in [2.75, 3.05) is 23.7 Å². The van der Waals surface area contributed by atoms with Crippen molar-refractivity contribution >= 4 is 23.2 Å². The molecule has 0 unspecified atom stereocenters. The number of halogens is 1. The second-order valence-corrected chi connectivity index (χ2v) is 5.42. The molecule has 0 aromatic carbocycles. The van der Waals surface area contributed by atoms with Crippen molar-refractivity contribution in [1.82, 2.24) is 14.8 Å². The fourth-order valence-electron chi connectivity index (χ4n) is 2.64. The molecule has 0 spiro atoms. The minimum absolute atomic E-state index is 0.344. The number of nitrogen functional groups attached to an aromatic ring is 1. The molecule has 108 valence electrons. The minimum atomic E-state index is 0.344. The summed E-state index contributed by atoms with van der Waals surface area (Å²) < 4.78 is 1.92. The van der Waals surface area contributed by atoms with Crippen LogP contribution in [0.3, 0.4) is 0 Å². The molecule has 0 amide bonds. The van der Waals surface area contributed by atoms with E-state index >= 15 is 0 Å². The van der Waals surface area contributed by atoms with E-state index in [0.29, 0.717) is 28.3 Å². The van der Waals surface area contributed by atoms with E-state index in [0.717, 1.165) is 25.9 Å². The zero-order valence-corrected chi connectivity index (χ0v) is 12.2. The van der Waals surface area contributed by atoms with Crippen LogP contribution in [0.25, 0.3) is 0 Å². The zero-order valence-electron chi connectivity index (χ0n) is 11.4. The molecule has 0 atom stereocenters. The highest BCUT2D eigenvalue weighted by molar-refractivity contribution is 6.34. The maximum Gasteiger partial charge on any atom is 0.148 e. The number of hydrogen-bond acceptors (Lipinski definition) is 5. The first-order valence-electron chi connectivity index (χ1n) is 6.79. The predicted octanol–water partition coefficient (Wildman–Crippen LogP) is 2.23. The summed E-state index contributed by atoms with van der Waals surface area (Å²) in [5.74, 6) is 1.23. The van der Waals surface area contributed by atoms with Crippen LogP contribution in [0.2, 0.25) is 5.02 Å². The molecular formula is C14H15ClN6. The van der Waals surface area contributed by atoms with Crippen LogP contribution in [0.4, 0.5) is 11.6 Å². The van der Waals surface area contributed by atoms with Crippen LogP contribution in [0, 0.1) is 11.3 Å². The van der Waals surface area contributed by atoms with E-state index in [1.165, 1.54) is 0 Å². The van der Waals surface area contributed by atoms with Gasteiger partial charge in [0.2, 0.25) is 0 Å². The van der Waals surface area contributed by atoms with E-state index in [9.17, 15) is 0 Å². The SMILES string of the molecule is N#Cc1ccnc(N2CCC(n3ccc(N)n3)CC2)c1Cl. The van der Waals surface area contributed by atoms with Gasteiger partial charge in [0.15, 0.2) is 0 Å². The van der Waals surface area contributed by atoms with Crippen LogP contribution in [0.5, 0.6) is 0 Å². The Kier molecular flexibility index (Phi) is 3.67. The van der Waals surface area contributed by atoms with Gasteiger partial charge in [-0.2, -0.15) is 10.4 Å². The van der Waals surface area contributed by atoms with Crippen LogP contribution < -0.4 is 10.6 Å². The number of nitrogens with two attached hydrogens (primary N) is 1. The Labute approximate surface area is 127 Å². The summed E-state index contributed by atoms with van der Waals surface area (Å²) in [4.78, 5) is 6.43. The summed E-state index contributed by atoms with van der Waals surface area (Å²) in [5.41, 5.74) is 6.12. The Morgan fingerprint density at radius 1 is 1.33 bits per heavy atom. The van der Waals surface area contributed by atoms with Crippen molar-refractivity contribution in [2.45, 2.75) is 18.9 Å². The van der Waals surface area contributed by atoms with Gasteiger partial charge in [-0.3, -0.25) is 4.68 Å². The van der Waals surface area contributed by atoms with Gasteiger partial charge in [0.25, 0.3) is 0 Å². The molecule has 2 aromatic rings. The molecule has 0 aliphatic carbocycles. The molecule has 0 radical (unpaired) electrons. The Balaban J connectivity index is 1.73. The summed E-state index contributed by atoms with van der Waals surface area (Å²) in [6, 6.07) is 5.87. The first-order valence-corrected chi connectivity index (χ1v) is 7.17. The largest absolute Gasteiger partial charge is 0.382 e. The van der Waals surface area contributed by atoms with Crippen molar-refractivity contribution in [1.29, 1.82) is 5.26 Å². The highest BCUT2D eigenvalue weighted by Gasteiger charge is 2.24. The highest BCUT2D eigenvalue weighted by Crippen LogP contribution is 2.31. The van der Waals surface area contributed by atoms with Gasteiger partial charge in [-0.25, -0.2) is 4.98 Å². The molecule has 2 aromatic heterocycles. The van der Waals surface area contributed by atoms with Gasteiger partial charge in [-0.05, 0) is 25.0 Å². The van der Waals surface area contributed by atoms with Gasteiger partial charge in [-0.1, -0.05) is 11.6 Å². The summed E-state index contributed by atoms with van der Waals surface area (Å²) in [6.45, 7) is 1.65. The van der Waals surface area contributed by atoms with Crippen LogP contribution in [0.1, 0.15) is 24.4 Å². The van der Waals surface area contributed by atoms with Crippen molar-refractivity contribution in [3.63, 3.8) is 0 Å². The van der Waals surface area contributed by atoms with Crippen molar-refractivity contribution < 1.29 is 0 Å². The highest BCUT2D eigenvalue weighted by atomic mass is 35.5. The van der Waals surface area contributed by atoms with Crippen LogP contribution in [-0.4, -0.2) is 27.9 Å². The summed E-state index contributed by atoms with van der Waals surface area (Å²) in [7, 11) is 0. The Morgan fingerprint density at radius 3 is 2.71 bits per heavy atom. The molecule has 1 fully saturated rings. The van der Waals surface area contributed by atoms with Gasteiger partial charge in [0, 0.05) is 25.5 Å². The smallest absolute Gasteiger partial charge is 0.148 e. The molecule has 2 N–H and O–H groups in total. The maximum atomic E-state index is 9.03. The molecule has 1 saturated heterocycles. The Bertz CT molecular complexity index is 681. The first-order chi connectivity index (χ1) is 10.2. The second-order valence-electron chi connectivity index (χ2n) is 5.05. The molecule has 1 aliphatic heterocycles. The molecule has 0 saturated carbocycles. The predicted molar refractivity (Wildman–Crippen MR) is 81.1 cm³/mol. The second kappa shape index (κ2) is 5.62. The summed E-state index contributed by atoms with van der Waals surface area (Å²) in [6.07, 6.45) is 5.42. The van der Waals surface area contributed by atoms with Gasteiger partial charge in [0.1, 0.15) is 22.7 Å². The average molecular weight is 303 g/mol.